The fourth-order valence-electron chi connectivity index (χ4n) is 3.56. The van der Waals surface area contributed by atoms with Gasteiger partial charge in [0.15, 0.2) is 5.78 Å². The van der Waals surface area contributed by atoms with Gasteiger partial charge in [-0.1, -0.05) is 85.8 Å². The quantitative estimate of drug-likeness (QED) is 0.246. The van der Waals surface area contributed by atoms with Crippen LogP contribution in [0.25, 0.3) is 10.8 Å². The fourth-order valence-corrected chi connectivity index (χ4v) is 3.56. The van der Waals surface area contributed by atoms with Gasteiger partial charge in [0, 0.05) is 11.3 Å². The lowest BCUT2D eigenvalue weighted by molar-refractivity contribution is -0.121. The topological polar surface area (TPSA) is 78.6 Å². The monoisotopic (exact) mass is 469 g/mol. The van der Waals surface area contributed by atoms with Gasteiger partial charge in [0.25, 0.3) is 0 Å². The molecule has 5 nitrogen and oxygen atoms in total. The van der Waals surface area contributed by atoms with Gasteiger partial charge in [0.1, 0.15) is 24.7 Å². The van der Waals surface area contributed by atoms with Crippen molar-refractivity contribution >= 4 is 22.5 Å². The fraction of sp³-hybridized carbons (Fsp3) is 0.200. The maximum Gasteiger partial charge on any atom is 0.220 e. The number of hydrogen-bond acceptors (Lipinski definition) is 4. The molecule has 1 amide bonds. The van der Waals surface area contributed by atoms with Gasteiger partial charge in [-0.3, -0.25) is 9.59 Å². The number of hydrogen-bond donors (Lipinski definition) is 1. The van der Waals surface area contributed by atoms with E-state index in [4.69, 9.17) is 15.2 Å². The van der Waals surface area contributed by atoms with Crippen molar-refractivity contribution in [2.45, 2.75) is 20.3 Å². The van der Waals surface area contributed by atoms with Gasteiger partial charge in [0.05, 0.1) is 5.56 Å². The minimum absolute atomic E-state index is 0.00488. The molecule has 0 aliphatic heterocycles. The molecule has 0 radical (unpaired) electrons. The van der Waals surface area contributed by atoms with Gasteiger partial charge >= 0.3 is 0 Å². The van der Waals surface area contributed by atoms with E-state index in [-0.39, 0.29) is 17.6 Å². The zero-order valence-corrected chi connectivity index (χ0v) is 20.1. The summed E-state index contributed by atoms with van der Waals surface area (Å²) in [5.74, 6) is 1.12. The van der Waals surface area contributed by atoms with E-state index in [1.165, 1.54) is 0 Å². The zero-order chi connectivity index (χ0) is 25.0. The molecule has 1 unspecified atom stereocenters. The molecule has 0 aromatic heterocycles. The minimum Gasteiger partial charge on any atom is -0.490 e. The third-order valence-corrected chi connectivity index (χ3v) is 5.47. The average molecular weight is 470 g/mol. The Morgan fingerprint density at radius 1 is 0.771 bits per heavy atom. The highest BCUT2D eigenvalue weighted by Gasteiger charge is 2.12. The van der Waals surface area contributed by atoms with Crippen molar-refractivity contribution in [3.8, 4) is 11.5 Å². The van der Waals surface area contributed by atoms with Crippen LogP contribution in [0.1, 0.15) is 29.8 Å². The van der Waals surface area contributed by atoms with Gasteiger partial charge in [-0.15, -0.1) is 0 Å². The first kappa shape index (κ1) is 25.5. The van der Waals surface area contributed by atoms with Crippen LogP contribution in [0.4, 0.5) is 0 Å². The largest absolute Gasteiger partial charge is 0.490 e. The highest BCUT2D eigenvalue weighted by Crippen LogP contribution is 2.30. The van der Waals surface area contributed by atoms with Crippen LogP contribution in [0, 0.1) is 5.92 Å². The van der Waals surface area contributed by atoms with Crippen molar-refractivity contribution in [2.24, 2.45) is 11.7 Å². The molecule has 0 spiro atoms. The summed E-state index contributed by atoms with van der Waals surface area (Å²) in [6, 6.07) is 31.1. The van der Waals surface area contributed by atoms with Crippen LogP contribution in [0.3, 0.4) is 0 Å². The van der Waals surface area contributed by atoms with E-state index in [9.17, 15) is 9.59 Å². The number of carbonyl (C=O) groups is 2. The van der Waals surface area contributed by atoms with Crippen LogP contribution >= 0.6 is 0 Å². The third kappa shape index (κ3) is 7.71. The molecule has 5 heteroatoms. The second-order valence-electron chi connectivity index (χ2n) is 8.22. The third-order valence-electron chi connectivity index (χ3n) is 5.47. The van der Waals surface area contributed by atoms with E-state index in [1.807, 2.05) is 104 Å². The summed E-state index contributed by atoms with van der Waals surface area (Å²) in [5.41, 5.74) is 6.90. The van der Waals surface area contributed by atoms with E-state index >= 15 is 0 Å². The summed E-state index contributed by atoms with van der Waals surface area (Å²) in [5, 5.41) is 2.00. The van der Waals surface area contributed by atoms with Crippen molar-refractivity contribution < 1.29 is 19.1 Å². The standard InChI is InChI=1S/C20H18O3.C10H13NO/c1-15(21)18-12-11-16-7-5-6-10-19(16)20(18)23-14-13-22-17-8-3-2-4-9-17;1-8(10(11)12)7-9-5-3-2-4-6-9/h2-12H,13-14H2,1H3;2-6,8H,7H2,1H3,(H2,11,12). The summed E-state index contributed by atoms with van der Waals surface area (Å²) >= 11 is 0. The maximum absolute atomic E-state index is 11.9. The van der Waals surface area contributed by atoms with Crippen molar-refractivity contribution in [1.82, 2.24) is 0 Å². The van der Waals surface area contributed by atoms with E-state index in [0.717, 1.165) is 28.5 Å². The molecule has 1 atom stereocenters. The zero-order valence-electron chi connectivity index (χ0n) is 20.1. The van der Waals surface area contributed by atoms with Crippen molar-refractivity contribution in [1.29, 1.82) is 0 Å². The van der Waals surface area contributed by atoms with Crippen LogP contribution in [0.15, 0.2) is 97.1 Å². The molecule has 0 aliphatic carbocycles. The molecule has 0 fully saturated rings. The predicted molar refractivity (Wildman–Crippen MR) is 140 cm³/mol. The van der Waals surface area contributed by atoms with Gasteiger partial charge in [-0.25, -0.2) is 0 Å². The number of ketones is 1. The number of benzene rings is 4. The van der Waals surface area contributed by atoms with Crippen LogP contribution < -0.4 is 15.2 Å². The predicted octanol–water partition coefficient (Wildman–Crippen LogP) is 5.85. The van der Waals surface area contributed by atoms with Crippen molar-refractivity contribution in [3.05, 3.63) is 108 Å². The number of nitrogens with two attached hydrogens (primary N) is 1. The molecule has 0 aliphatic rings. The summed E-state index contributed by atoms with van der Waals surface area (Å²) in [7, 11) is 0. The summed E-state index contributed by atoms with van der Waals surface area (Å²) < 4.78 is 11.5. The van der Waals surface area contributed by atoms with Crippen LogP contribution in [0.2, 0.25) is 0 Å². The number of rotatable bonds is 9. The van der Waals surface area contributed by atoms with Crippen LogP contribution in [0.5, 0.6) is 11.5 Å². The molecule has 0 heterocycles. The van der Waals surface area contributed by atoms with Gasteiger partial charge < -0.3 is 15.2 Å². The van der Waals surface area contributed by atoms with Gasteiger partial charge in [-0.05, 0) is 42.5 Å². The molecule has 4 rings (SSSR count). The number of primary amides is 1. The molecule has 0 saturated carbocycles. The van der Waals surface area contributed by atoms with Crippen molar-refractivity contribution in [2.75, 3.05) is 13.2 Å². The average Bonchev–Trinajstić information content (AvgIpc) is 2.88. The number of carbonyl (C=O) groups excluding carboxylic acids is 2. The second kappa shape index (κ2) is 12.9. The molecule has 4 aromatic rings. The Bertz CT molecular complexity index is 1240. The minimum atomic E-state index is -0.237. The Labute approximate surface area is 206 Å². The number of para-hydroxylation sites is 1. The lowest BCUT2D eigenvalue weighted by atomic mass is 10.0. The van der Waals surface area contributed by atoms with Crippen LogP contribution in [-0.4, -0.2) is 24.9 Å². The normalized spacial score (nSPS) is 11.1. The Balaban J connectivity index is 0.000000241. The Hall–Kier alpha value is -4.12. The van der Waals surface area contributed by atoms with E-state index < -0.39 is 0 Å². The molecule has 0 bridgehead atoms. The Morgan fingerprint density at radius 3 is 2.03 bits per heavy atom. The molecular weight excluding hydrogens is 438 g/mol. The molecule has 180 valence electrons. The first-order valence-electron chi connectivity index (χ1n) is 11.6. The second-order valence-corrected chi connectivity index (χ2v) is 8.22. The lowest BCUT2D eigenvalue weighted by Crippen LogP contribution is -2.22. The molecule has 0 saturated heterocycles. The van der Waals surface area contributed by atoms with Crippen LogP contribution in [-0.2, 0) is 11.2 Å². The molecular formula is C30H31NO4. The molecule has 2 N–H and O–H groups in total. The molecule has 35 heavy (non-hydrogen) atoms. The SMILES string of the molecule is CC(=O)c1ccc2ccccc2c1OCCOc1ccccc1.CC(Cc1ccccc1)C(N)=O. The first-order chi connectivity index (χ1) is 17.0. The highest BCUT2D eigenvalue weighted by atomic mass is 16.5. The van der Waals surface area contributed by atoms with E-state index in [2.05, 4.69) is 0 Å². The molecule has 4 aromatic carbocycles. The number of ether oxygens (including phenoxy) is 2. The van der Waals surface area contributed by atoms with Crippen molar-refractivity contribution in [3.63, 3.8) is 0 Å². The number of amides is 1. The summed E-state index contributed by atoms with van der Waals surface area (Å²) in [4.78, 5) is 22.6. The van der Waals surface area contributed by atoms with E-state index in [1.54, 1.807) is 6.92 Å². The number of Topliss-reactive ketones (excluding diaryl/α,β-unsaturated/α-hetero) is 1. The Morgan fingerprint density at radius 2 is 1.37 bits per heavy atom. The smallest absolute Gasteiger partial charge is 0.220 e. The maximum atomic E-state index is 11.9. The lowest BCUT2D eigenvalue weighted by Gasteiger charge is -2.13. The van der Waals surface area contributed by atoms with Gasteiger partial charge in [0.2, 0.25) is 5.91 Å². The summed E-state index contributed by atoms with van der Waals surface area (Å²) in [6.45, 7) is 4.19. The number of fused-ring (bicyclic) bond motifs is 1. The Kier molecular flexibility index (Phi) is 9.43. The van der Waals surface area contributed by atoms with Gasteiger partial charge in [-0.2, -0.15) is 0 Å². The first-order valence-corrected chi connectivity index (χ1v) is 11.6. The van der Waals surface area contributed by atoms with E-state index in [0.29, 0.717) is 24.5 Å². The summed E-state index contributed by atoms with van der Waals surface area (Å²) in [6.07, 6.45) is 0.732. The highest BCUT2D eigenvalue weighted by molar-refractivity contribution is 6.03.